The van der Waals surface area contributed by atoms with E-state index in [1.165, 1.54) is 33.4 Å². The van der Waals surface area contributed by atoms with Crippen LogP contribution in [-0.4, -0.2) is 24.8 Å². The van der Waals surface area contributed by atoms with Crippen LogP contribution in [0, 0.1) is 13.8 Å². The topological polar surface area (TPSA) is 15.6 Å². The lowest BCUT2D eigenvalue weighted by Crippen LogP contribution is -2.14. The Morgan fingerprint density at radius 2 is 1.79 bits per heavy atom. The maximum absolute atomic E-state index is 4.68. The van der Waals surface area contributed by atoms with Gasteiger partial charge in [-0.05, 0) is 74.3 Å². The van der Waals surface area contributed by atoms with E-state index >= 15 is 0 Å². The van der Waals surface area contributed by atoms with Gasteiger partial charge in [-0.2, -0.15) is 0 Å². The van der Waals surface area contributed by atoms with Crippen LogP contribution in [-0.2, 0) is 12.8 Å². The number of aryl methyl sites for hydroxylation is 3. The number of aliphatic imine (C=N–C) groups is 1. The predicted molar refractivity (Wildman–Crippen MR) is 132 cm³/mol. The van der Waals surface area contributed by atoms with E-state index in [0.717, 1.165) is 30.0 Å². The van der Waals surface area contributed by atoms with Gasteiger partial charge in [0, 0.05) is 18.5 Å². The van der Waals surface area contributed by atoms with Crippen molar-refractivity contribution in [2.24, 2.45) is 4.99 Å². The summed E-state index contributed by atoms with van der Waals surface area (Å²) in [5, 5.41) is 2.24. The monoisotopic (exact) mass is 406 g/mol. The van der Waals surface area contributed by atoms with Crippen molar-refractivity contribution in [1.82, 2.24) is 4.90 Å². The Kier molecular flexibility index (Phi) is 8.78. The number of rotatable bonds is 9. The molecule has 0 aliphatic carbocycles. The van der Waals surface area contributed by atoms with Crippen LogP contribution in [0.2, 0.25) is 0 Å². The lowest BCUT2D eigenvalue weighted by molar-refractivity contribution is 0.552. The van der Waals surface area contributed by atoms with E-state index in [1.807, 2.05) is 13.4 Å². The fraction of sp³-hybridized carbons (Fsp3) is 0.346. The summed E-state index contributed by atoms with van der Waals surface area (Å²) in [4.78, 5) is 7.85. The first-order valence-electron chi connectivity index (χ1n) is 10.3. The molecule has 0 amide bonds. The van der Waals surface area contributed by atoms with Gasteiger partial charge in [-0.15, -0.1) is 0 Å². The van der Waals surface area contributed by atoms with E-state index in [4.69, 9.17) is 0 Å². The van der Waals surface area contributed by atoms with Gasteiger partial charge in [0.05, 0.1) is 12.0 Å². The predicted octanol–water partition coefficient (Wildman–Crippen LogP) is 7.33. The van der Waals surface area contributed by atoms with E-state index in [9.17, 15) is 0 Å². The van der Waals surface area contributed by atoms with Crippen molar-refractivity contribution in [2.75, 3.05) is 13.6 Å². The van der Waals surface area contributed by atoms with Crippen molar-refractivity contribution in [3.8, 4) is 0 Å². The minimum absolute atomic E-state index is 0.955. The Balaban J connectivity index is 2.12. The fourth-order valence-corrected chi connectivity index (χ4v) is 3.69. The highest BCUT2D eigenvalue weighted by Gasteiger charge is 2.07. The van der Waals surface area contributed by atoms with Gasteiger partial charge in [0.25, 0.3) is 0 Å². The molecule has 0 saturated carbocycles. The van der Waals surface area contributed by atoms with Gasteiger partial charge in [0.1, 0.15) is 0 Å². The van der Waals surface area contributed by atoms with Gasteiger partial charge in [-0.1, -0.05) is 66.7 Å². The first kappa shape index (κ1) is 23.0. The second-order valence-corrected chi connectivity index (χ2v) is 8.59. The van der Waals surface area contributed by atoms with Gasteiger partial charge < -0.3 is 4.90 Å². The van der Waals surface area contributed by atoms with Crippen molar-refractivity contribution in [1.29, 1.82) is 0 Å². The smallest absolute Gasteiger partial charge is 0.0909 e. The highest BCUT2D eigenvalue weighted by molar-refractivity contribution is 8.10. The van der Waals surface area contributed by atoms with Crippen LogP contribution in [0.4, 0.5) is 5.69 Å². The third-order valence-corrected chi connectivity index (χ3v) is 6.08. The van der Waals surface area contributed by atoms with E-state index in [0.29, 0.717) is 0 Å². The number of hydrogen-bond acceptors (Lipinski definition) is 2. The molecule has 2 rings (SSSR count). The second kappa shape index (κ2) is 11.1. The maximum Gasteiger partial charge on any atom is 0.0909 e. The number of thioether (sulfide) groups is 1. The summed E-state index contributed by atoms with van der Waals surface area (Å²) in [6.45, 7) is 16.0. The largest absolute Gasteiger partial charge is 0.366 e. The SMILES string of the molecule is C=C(S/C=C(\C)Cc1cc(C)c(N=CN(C)CC)cc1CC)c1ccc(C)cc1. The molecule has 0 aliphatic rings. The lowest BCUT2D eigenvalue weighted by Gasteiger charge is -2.13. The summed E-state index contributed by atoms with van der Waals surface area (Å²) in [6, 6.07) is 13.1. The highest BCUT2D eigenvalue weighted by Crippen LogP contribution is 2.30. The van der Waals surface area contributed by atoms with Crippen molar-refractivity contribution in [2.45, 2.75) is 47.5 Å². The molecule has 2 aromatic rings. The second-order valence-electron chi connectivity index (χ2n) is 7.63. The molecule has 0 N–H and O–H groups in total. The zero-order valence-corrected chi connectivity index (χ0v) is 19.6. The first-order chi connectivity index (χ1) is 13.8. The summed E-state index contributed by atoms with van der Waals surface area (Å²) in [5.41, 5.74) is 8.86. The van der Waals surface area contributed by atoms with Gasteiger partial charge in [0.2, 0.25) is 0 Å². The van der Waals surface area contributed by atoms with Gasteiger partial charge in [-0.25, -0.2) is 4.99 Å². The minimum Gasteiger partial charge on any atom is -0.366 e. The van der Waals surface area contributed by atoms with E-state index in [2.05, 4.69) is 92.9 Å². The van der Waals surface area contributed by atoms with Crippen LogP contribution in [0.5, 0.6) is 0 Å². The Hall–Kier alpha value is -2.26. The van der Waals surface area contributed by atoms with Gasteiger partial charge in [-0.3, -0.25) is 0 Å². The van der Waals surface area contributed by atoms with E-state index < -0.39 is 0 Å². The zero-order valence-electron chi connectivity index (χ0n) is 18.7. The Labute approximate surface area is 181 Å². The molecule has 0 heterocycles. The van der Waals surface area contributed by atoms with E-state index in [-0.39, 0.29) is 0 Å². The van der Waals surface area contributed by atoms with Crippen molar-refractivity contribution in [3.63, 3.8) is 0 Å². The third-order valence-electron chi connectivity index (χ3n) is 5.04. The molecule has 2 aromatic carbocycles. The number of hydrogen-bond donors (Lipinski definition) is 0. The highest BCUT2D eigenvalue weighted by atomic mass is 32.2. The number of benzene rings is 2. The van der Waals surface area contributed by atoms with Crippen LogP contribution < -0.4 is 0 Å². The minimum atomic E-state index is 0.955. The molecule has 3 heteroatoms. The third kappa shape index (κ3) is 6.93. The molecule has 0 fully saturated rings. The van der Waals surface area contributed by atoms with Gasteiger partial charge >= 0.3 is 0 Å². The Morgan fingerprint density at radius 1 is 1.10 bits per heavy atom. The van der Waals surface area contributed by atoms with Crippen LogP contribution in [0.1, 0.15) is 48.6 Å². The average molecular weight is 407 g/mol. The van der Waals surface area contributed by atoms with Gasteiger partial charge in [0.15, 0.2) is 0 Å². The van der Waals surface area contributed by atoms with Crippen molar-refractivity contribution >= 4 is 28.7 Å². The quantitative estimate of drug-likeness (QED) is 0.320. The average Bonchev–Trinajstić information content (AvgIpc) is 2.71. The standard InChI is InChI=1S/C26H34N2S/c1-8-23-16-26(27-18-28(7)9-2)21(5)15-25(23)14-20(4)17-29-22(6)24-12-10-19(3)11-13-24/h10-13,15-18H,6,8-9,14H2,1-5,7H3/b20-17+,27-18?. The molecule has 29 heavy (non-hydrogen) atoms. The summed E-state index contributed by atoms with van der Waals surface area (Å²) < 4.78 is 0. The summed E-state index contributed by atoms with van der Waals surface area (Å²) in [7, 11) is 2.05. The molecule has 0 aliphatic heterocycles. The number of allylic oxidation sites excluding steroid dienone is 1. The molecule has 2 nitrogen and oxygen atoms in total. The first-order valence-corrected chi connectivity index (χ1v) is 11.2. The van der Waals surface area contributed by atoms with Crippen LogP contribution >= 0.6 is 11.8 Å². The maximum atomic E-state index is 4.68. The van der Waals surface area contributed by atoms with Crippen LogP contribution in [0.15, 0.2) is 59.0 Å². The molecule has 0 unspecified atom stereocenters. The Morgan fingerprint density at radius 3 is 2.41 bits per heavy atom. The molecule has 0 spiro atoms. The fourth-order valence-electron chi connectivity index (χ4n) is 3.00. The van der Waals surface area contributed by atoms with E-state index in [1.54, 1.807) is 11.8 Å². The van der Waals surface area contributed by atoms with Crippen molar-refractivity contribution < 1.29 is 0 Å². The number of nitrogens with zero attached hydrogens (tertiary/aromatic N) is 2. The van der Waals surface area contributed by atoms with Crippen molar-refractivity contribution in [3.05, 3.63) is 81.8 Å². The molecule has 0 saturated heterocycles. The molecular weight excluding hydrogens is 372 g/mol. The van der Waals surface area contributed by atoms with Crippen LogP contribution in [0.3, 0.4) is 0 Å². The lowest BCUT2D eigenvalue weighted by atomic mass is 9.96. The summed E-state index contributed by atoms with van der Waals surface area (Å²) in [5.74, 6) is 0. The molecule has 0 aromatic heterocycles. The summed E-state index contributed by atoms with van der Waals surface area (Å²) in [6.07, 6.45) is 3.88. The molecule has 154 valence electrons. The molecule has 0 bridgehead atoms. The molecule has 0 atom stereocenters. The molecule has 0 radical (unpaired) electrons. The zero-order chi connectivity index (χ0) is 21.4. The Bertz CT molecular complexity index is 892. The summed E-state index contributed by atoms with van der Waals surface area (Å²) >= 11 is 1.71. The van der Waals surface area contributed by atoms with Crippen LogP contribution in [0.25, 0.3) is 4.91 Å². The normalized spacial score (nSPS) is 11.9. The molecular formula is C26H34N2S.